The van der Waals surface area contributed by atoms with Crippen molar-refractivity contribution in [1.82, 2.24) is 0 Å². The molecule has 0 amide bonds. The molecule has 3 unspecified atom stereocenters. The average molecular weight is 262 g/mol. The Morgan fingerprint density at radius 1 is 1.25 bits per heavy atom. The zero-order valence-corrected chi connectivity index (χ0v) is 13.2. The van der Waals surface area contributed by atoms with Gasteiger partial charge in [0.25, 0.3) is 0 Å². The van der Waals surface area contributed by atoms with Crippen LogP contribution in [0, 0.1) is 0 Å². The number of rotatable bonds is 3. The molecule has 96 valence electrons. The van der Waals surface area contributed by atoms with Gasteiger partial charge in [-0.05, 0) is 26.4 Å². The topological polar surface area (TPSA) is 49.7 Å². The fourth-order valence-corrected chi connectivity index (χ4v) is 8.78. The molecule has 2 N–H and O–H groups in total. The Labute approximate surface area is 101 Å². The highest BCUT2D eigenvalue weighted by Crippen LogP contribution is 2.35. The van der Waals surface area contributed by atoms with E-state index >= 15 is 0 Å². The van der Waals surface area contributed by atoms with E-state index in [9.17, 15) is 10.2 Å². The quantitative estimate of drug-likeness (QED) is 0.764. The van der Waals surface area contributed by atoms with Crippen LogP contribution in [0.4, 0.5) is 0 Å². The number of hydrogen-bond donors (Lipinski definition) is 2. The molecule has 16 heavy (non-hydrogen) atoms. The van der Waals surface area contributed by atoms with Crippen LogP contribution in [0.5, 0.6) is 0 Å². The summed E-state index contributed by atoms with van der Waals surface area (Å²) in [5.74, 6) is 0. The molecule has 0 aromatic heterocycles. The number of hydrogen-bond acceptors (Lipinski definition) is 3. The van der Waals surface area contributed by atoms with E-state index in [0.29, 0.717) is 6.42 Å². The van der Waals surface area contributed by atoms with Crippen molar-refractivity contribution in [2.24, 2.45) is 0 Å². The van der Waals surface area contributed by atoms with E-state index in [1.54, 1.807) is 6.92 Å². The highest BCUT2D eigenvalue weighted by atomic mass is 29.3. The first kappa shape index (κ1) is 14.4. The first-order valence-corrected chi connectivity index (χ1v) is 13.3. The maximum atomic E-state index is 10.00. The summed E-state index contributed by atoms with van der Waals surface area (Å²) in [6, 6.07) is 1.24. The molecule has 0 saturated carbocycles. The minimum atomic E-state index is -1.60. The summed E-state index contributed by atoms with van der Waals surface area (Å²) >= 11 is 0. The highest BCUT2D eigenvalue weighted by molar-refractivity contribution is 7.38. The van der Waals surface area contributed by atoms with Gasteiger partial charge in [-0.2, -0.15) is 0 Å². The first-order valence-electron chi connectivity index (χ1n) is 6.20. The van der Waals surface area contributed by atoms with E-state index in [0.717, 1.165) is 6.42 Å². The second-order valence-corrected chi connectivity index (χ2v) is 21.4. The van der Waals surface area contributed by atoms with Crippen molar-refractivity contribution in [3.8, 4) is 0 Å². The first-order chi connectivity index (χ1) is 7.16. The lowest BCUT2D eigenvalue weighted by atomic mass is 10.1. The SMILES string of the molecule is CC(O)CC(O)C1CC[Si](C)(C)[Si](C)(C)O1. The van der Waals surface area contributed by atoms with Gasteiger partial charge in [0.15, 0.2) is 7.83 Å². The van der Waals surface area contributed by atoms with Crippen LogP contribution in [0.2, 0.25) is 32.2 Å². The van der Waals surface area contributed by atoms with Gasteiger partial charge in [-0.1, -0.05) is 19.1 Å². The zero-order valence-electron chi connectivity index (χ0n) is 11.2. The molecule has 1 aliphatic heterocycles. The largest absolute Gasteiger partial charge is 0.415 e. The van der Waals surface area contributed by atoms with E-state index in [2.05, 4.69) is 26.2 Å². The van der Waals surface area contributed by atoms with Gasteiger partial charge in [0.1, 0.15) is 0 Å². The third kappa shape index (κ3) is 3.16. The molecule has 1 rings (SSSR count). The van der Waals surface area contributed by atoms with Crippen LogP contribution in [0.3, 0.4) is 0 Å². The lowest BCUT2D eigenvalue weighted by Crippen LogP contribution is -2.63. The molecule has 0 spiro atoms. The third-order valence-electron chi connectivity index (χ3n) is 4.14. The Hall–Kier alpha value is 0.314. The summed E-state index contributed by atoms with van der Waals surface area (Å²) in [6.45, 7) is 11.1. The van der Waals surface area contributed by atoms with Crippen molar-refractivity contribution < 1.29 is 14.6 Å². The average Bonchev–Trinajstić information content (AvgIpc) is 2.08. The molecule has 3 atom stereocenters. The number of aliphatic hydroxyl groups is 2. The minimum Gasteiger partial charge on any atom is -0.415 e. The predicted molar refractivity (Wildman–Crippen MR) is 71.6 cm³/mol. The second-order valence-electron chi connectivity index (χ2n) is 6.24. The van der Waals surface area contributed by atoms with E-state index < -0.39 is 27.6 Å². The van der Waals surface area contributed by atoms with Crippen LogP contribution >= 0.6 is 0 Å². The summed E-state index contributed by atoms with van der Waals surface area (Å²) < 4.78 is 6.19. The zero-order chi connectivity index (χ0) is 12.6. The van der Waals surface area contributed by atoms with Crippen LogP contribution in [0.25, 0.3) is 0 Å². The maximum Gasteiger partial charge on any atom is 0.174 e. The summed E-state index contributed by atoms with van der Waals surface area (Å²) in [4.78, 5) is 0. The van der Waals surface area contributed by atoms with Gasteiger partial charge in [0.2, 0.25) is 0 Å². The lowest BCUT2D eigenvalue weighted by molar-refractivity contribution is -0.00203. The van der Waals surface area contributed by atoms with E-state index in [1.165, 1.54) is 6.04 Å². The van der Waals surface area contributed by atoms with Crippen LogP contribution in [-0.2, 0) is 4.43 Å². The molecule has 0 aromatic rings. The van der Waals surface area contributed by atoms with E-state index in [1.807, 2.05) is 0 Å². The van der Waals surface area contributed by atoms with E-state index in [-0.39, 0.29) is 6.10 Å². The van der Waals surface area contributed by atoms with Gasteiger partial charge in [0, 0.05) is 6.42 Å². The van der Waals surface area contributed by atoms with Crippen molar-refractivity contribution in [2.75, 3.05) is 0 Å². The Balaban J connectivity index is 2.62. The second kappa shape index (κ2) is 4.90. The third-order valence-corrected chi connectivity index (χ3v) is 20.7. The Morgan fingerprint density at radius 2 is 1.81 bits per heavy atom. The molecular weight excluding hydrogens is 236 g/mol. The summed E-state index contributed by atoms with van der Waals surface area (Å²) in [5.41, 5.74) is 0. The van der Waals surface area contributed by atoms with Gasteiger partial charge in [-0.3, -0.25) is 0 Å². The molecule has 0 radical (unpaired) electrons. The van der Waals surface area contributed by atoms with Crippen LogP contribution in [0.1, 0.15) is 19.8 Å². The van der Waals surface area contributed by atoms with Gasteiger partial charge in [0.05, 0.1) is 25.9 Å². The Bertz CT molecular complexity index is 241. The van der Waals surface area contributed by atoms with Gasteiger partial charge < -0.3 is 14.6 Å². The van der Waals surface area contributed by atoms with E-state index in [4.69, 9.17) is 4.43 Å². The Morgan fingerprint density at radius 3 is 2.25 bits per heavy atom. The molecule has 0 aliphatic carbocycles. The van der Waals surface area contributed by atoms with Crippen molar-refractivity contribution in [3.63, 3.8) is 0 Å². The molecule has 5 heteroatoms. The van der Waals surface area contributed by atoms with Crippen molar-refractivity contribution in [2.45, 2.75) is 70.3 Å². The monoisotopic (exact) mass is 262 g/mol. The van der Waals surface area contributed by atoms with Gasteiger partial charge in [-0.15, -0.1) is 0 Å². The fraction of sp³-hybridized carbons (Fsp3) is 1.00. The van der Waals surface area contributed by atoms with Crippen molar-refractivity contribution in [3.05, 3.63) is 0 Å². The Kier molecular flexibility index (Phi) is 4.40. The highest BCUT2D eigenvalue weighted by Gasteiger charge is 2.48. The van der Waals surface area contributed by atoms with Crippen LogP contribution in [0.15, 0.2) is 0 Å². The number of aliphatic hydroxyl groups excluding tert-OH is 2. The molecule has 1 heterocycles. The molecule has 1 aliphatic rings. The molecule has 1 fully saturated rings. The molecular formula is C11H26O3Si2. The van der Waals surface area contributed by atoms with Crippen LogP contribution < -0.4 is 0 Å². The predicted octanol–water partition coefficient (Wildman–Crippen LogP) is 1.90. The maximum absolute atomic E-state index is 10.00. The van der Waals surface area contributed by atoms with Gasteiger partial charge >= 0.3 is 0 Å². The molecule has 0 bridgehead atoms. The molecule has 1 saturated heterocycles. The van der Waals surface area contributed by atoms with Gasteiger partial charge in [-0.25, -0.2) is 0 Å². The summed E-state index contributed by atoms with van der Waals surface area (Å²) in [5, 5.41) is 19.3. The summed E-state index contributed by atoms with van der Waals surface area (Å²) in [7, 11) is -2.80. The van der Waals surface area contributed by atoms with Crippen molar-refractivity contribution >= 4 is 15.4 Å². The molecule has 3 nitrogen and oxygen atoms in total. The standard InChI is InChI=1S/C11H26O3Si2/c1-9(12)8-10(13)11-6-7-15(2,3)16(4,5)14-11/h9-13H,6-8H2,1-5H3. The smallest absolute Gasteiger partial charge is 0.174 e. The summed E-state index contributed by atoms with van der Waals surface area (Å²) in [6.07, 6.45) is 0.393. The van der Waals surface area contributed by atoms with Crippen molar-refractivity contribution in [1.29, 1.82) is 0 Å². The van der Waals surface area contributed by atoms with Crippen LogP contribution in [-0.4, -0.2) is 44.0 Å². The molecule has 0 aromatic carbocycles. The lowest BCUT2D eigenvalue weighted by Gasteiger charge is -2.47. The minimum absolute atomic E-state index is 0.0446. The fourth-order valence-electron chi connectivity index (χ4n) is 2.17. The normalized spacial score (nSPS) is 32.1.